The highest BCUT2D eigenvalue weighted by molar-refractivity contribution is 7.99. The smallest absolute Gasteiger partial charge is 0.325 e. The van der Waals surface area contributed by atoms with Gasteiger partial charge >= 0.3 is 6.03 Å². The number of ether oxygens (including phenoxy) is 1. The number of amides is 3. The summed E-state index contributed by atoms with van der Waals surface area (Å²) in [4.78, 5) is 24.2. The van der Waals surface area contributed by atoms with Gasteiger partial charge in [-0.1, -0.05) is 41.6 Å². The summed E-state index contributed by atoms with van der Waals surface area (Å²) in [5.74, 6) is 0.701. The monoisotopic (exact) mass is 459 g/mol. The Morgan fingerprint density at radius 3 is 2.65 bits per heavy atom. The molecule has 2 N–H and O–H groups in total. The van der Waals surface area contributed by atoms with E-state index < -0.39 is 11.9 Å². The van der Waals surface area contributed by atoms with Gasteiger partial charge in [0, 0.05) is 12.7 Å². The average molecular weight is 460 g/mol. The summed E-state index contributed by atoms with van der Waals surface area (Å²) < 4.78 is 7.40. The van der Waals surface area contributed by atoms with Crippen molar-refractivity contribution < 1.29 is 14.3 Å². The molecule has 3 amide bonds. The molecule has 0 bridgehead atoms. The molecule has 162 valence electrons. The molecule has 0 radical (unpaired) electrons. The fraction of sp³-hybridized carbons (Fsp3) is 0.238. The second-order valence-electron chi connectivity index (χ2n) is 6.77. The first-order chi connectivity index (χ1) is 14.8. The lowest BCUT2D eigenvalue weighted by Crippen LogP contribution is -2.35. The van der Waals surface area contributed by atoms with Gasteiger partial charge in [0.15, 0.2) is 11.0 Å². The Morgan fingerprint density at radius 2 is 1.90 bits per heavy atom. The Balaban J connectivity index is 1.48. The molecule has 0 aliphatic carbocycles. The van der Waals surface area contributed by atoms with Crippen LogP contribution < -0.4 is 15.4 Å². The minimum atomic E-state index is -0.583. The highest BCUT2D eigenvalue weighted by Crippen LogP contribution is 2.24. The molecule has 1 heterocycles. The van der Waals surface area contributed by atoms with E-state index in [2.05, 4.69) is 20.8 Å². The lowest BCUT2D eigenvalue weighted by atomic mass is 10.1. The van der Waals surface area contributed by atoms with E-state index >= 15 is 0 Å². The molecule has 0 saturated heterocycles. The maximum absolute atomic E-state index is 12.1. The SMILES string of the molecule is Cc1ccc(NC(=O)NC(=O)CSc2nnc(COc3ccccc3Cl)n2C)cc1C. The number of nitrogens with one attached hydrogen (secondary N) is 2. The van der Waals surface area contributed by atoms with Crippen LogP contribution in [0.25, 0.3) is 0 Å². The fourth-order valence-electron chi connectivity index (χ4n) is 2.57. The number of thioether (sulfide) groups is 1. The molecule has 2 aromatic carbocycles. The van der Waals surface area contributed by atoms with Crippen molar-refractivity contribution in [2.75, 3.05) is 11.1 Å². The van der Waals surface area contributed by atoms with E-state index in [1.54, 1.807) is 29.8 Å². The molecule has 0 aliphatic heterocycles. The number of nitrogens with zero attached hydrogens (tertiary/aromatic N) is 3. The number of imide groups is 1. The Morgan fingerprint density at radius 1 is 1.13 bits per heavy atom. The molecule has 3 aromatic rings. The van der Waals surface area contributed by atoms with Gasteiger partial charge in [0.2, 0.25) is 5.91 Å². The standard InChI is InChI=1S/C21H22ClN5O3S/c1-13-8-9-15(10-14(13)2)23-20(29)24-19(28)12-31-21-26-25-18(27(21)3)11-30-17-7-5-4-6-16(17)22/h4-10H,11-12H2,1-3H3,(H2,23,24,28,29). The maximum Gasteiger partial charge on any atom is 0.325 e. The molecule has 1 aromatic heterocycles. The Labute approximate surface area is 189 Å². The minimum Gasteiger partial charge on any atom is -0.484 e. The number of carbonyl (C=O) groups excluding carboxylic acids is 2. The van der Waals surface area contributed by atoms with Crippen LogP contribution in [0.1, 0.15) is 17.0 Å². The maximum atomic E-state index is 12.1. The van der Waals surface area contributed by atoms with Gasteiger partial charge in [-0.3, -0.25) is 10.1 Å². The molecule has 0 spiro atoms. The first-order valence-corrected chi connectivity index (χ1v) is 10.8. The normalized spacial score (nSPS) is 10.6. The summed E-state index contributed by atoms with van der Waals surface area (Å²) in [6.07, 6.45) is 0. The van der Waals surface area contributed by atoms with Gasteiger partial charge in [0.1, 0.15) is 12.4 Å². The molecule has 0 atom stereocenters. The minimum absolute atomic E-state index is 0.0116. The van der Waals surface area contributed by atoms with E-state index in [-0.39, 0.29) is 12.4 Å². The highest BCUT2D eigenvalue weighted by Gasteiger charge is 2.14. The van der Waals surface area contributed by atoms with Crippen molar-refractivity contribution >= 4 is 41.0 Å². The predicted molar refractivity (Wildman–Crippen MR) is 121 cm³/mol. The molecular formula is C21H22ClN5O3S. The summed E-state index contributed by atoms with van der Waals surface area (Å²) >= 11 is 7.25. The topological polar surface area (TPSA) is 98.1 Å². The molecule has 3 rings (SSSR count). The quantitative estimate of drug-likeness (QED) is 0.516. The van der Waals surface area contributed by atoms with Crippen molar-refractivity contribution in [3.8, 4) is 5.75 Å². The summed E-state index contributed by atoms with van der Waals surface area (Å²) in [5, 5.41) is 14.1. The van der Waals surface area contributed by atoms with Crippen LogP contribution in [0.15, 0.2) is 47.6 Å². The van der Waals surface area contributed by atoms with Crippen LogP contribution >= 0.6 is 23.4 Å². The number of benzene rings is 2. The van der Waals surface area contributed by atoms with E-state index in [1.807, 2.05) is 38.1 Å². The first kappa shape index (κ1) is 22.6. The highest BCUT2D eigenvalue weighted by atomic mass is 35.5. The predicted octanol–water partition coefficient (Wildman–Crippen LogP) is 4.10. The second-order valence-corrected chi connectivity index (χ2v) is 8.12. The summed E-state index contributed by atoms with van der Waals surface area (Å²) in [5.41, 5.74) is 2.80. The van der Waals surface area contributed by atoms with Crippen LogP contribution in [0.4, 0.5) is 10.5 Å². The molecule has 8 nitrogen and oxygen atoms in total. The molecule has 0 aliphatic rings. The number of aromatic nitrogens is 3. The van der Waals surface area contributed by atoms with Gasteiger partial charge in [0.05, 0.1) is 10.8 Å². The van der Waals surface area contributed by atoms with Gasteiger partial charge < -0.3 is 14.6 Å². The van der Waals surface area contributed by atoms with Crippen molar-refractivity contribution in [1.82, 2.24) is 20.1 Å². The van der Waals surface area contributed by atoms with Crippen molar-refractivity contribution in [1.29, 1.82) is 0 Å². The number of hydrogen-bond acceptors (Lipinski definition) is 6. The van der Waals surface area contributed by atoms with E-state index in [0.29, 0.717) is 27.4 Å². The van der Waals surface area contributed by atoms with Crippen LogP contribution in [-0.2, 0) is 18.4 Å². The number of urea groups is 1. The largest absolute Gasteiger partial charge is 0.484 e. The molecule has 0 saturated carbocycles. The fourth-order valence-corrected chi connectivity index (χ4v) is 3.50. The number of carbonyl (C=O) groups is 2. The molecule has 0 fully saturated rings. The van der Waals surface area contributed by atoms with Gasteiger partial charge in [0.25, 0.3) is 0 Å². The number of para-hydroxylation sites is 1. The molecule has 10 heteroatoms. The molecule has 0 unspecified atom stereocenters. The van der Waals surface area contributed by atoms with E-state index in [9.17, 15) is 9.59 Å². The second kappa shape index (κ2) is 10.3. The van der Waals surface area contributed by atoms with Gasteiger partial charge in [-0.25, -0.2) is 4.79 Å². The van der Waals surface area contributed by atoms with Gasteiger partial charge in [-0.15, -0.1) is 10.2 Å². The number of hydrogen-bond donors (Lipinski definition) is 2. The third-order valence-electron chi connectivity index (χ3n) is 4.47. The van der Waals surface area contributed by atoms with Crippen molar-refractivity contribution in [2.45, 2.75) is 25.6 Å². The zero-order chi connectivity index (χ0) is 22.4. The number of rotatable bonds is 7. The van der Waals surface area contributed by atoms with Gasteiger partial charge in [-0.05, 0) is 49.2 Å². The number of anilines is 1. The van der Waals surface area contributed by atoms with E-state index in [0.717, 1.165) is 11.1 Å². The van der Waals surface area contributed by atoms with Crippen molar-refractivity contribution in [3.63, 3.8) is 0 Å². The van der Waals surface area contributed by atoms with Crippen molar-refractivity contribution in [2.24, 2.45) is 7.05 Å². The van der Waals surface area contributed by atoms with Gasteiger partial charge in [-0.2, -0.15) is 0 Å². The van der Waals surface area contributed by atoms with Crippen LogP contribution in [0.2, 0.25) is 5.02 Å². The third kappa shape index (κ3) is 6.22. The van der Waals surface area contributed by atoms with E-state index in [4.69, 9.17) is 16.3 Å². The lowest BCUT2D eigenvalue weighted by Gasteiger charge is -2.09. The first-order valence-electron chi connectivity index (χ1n) is 9.40. The number of halogens is 1. The average Bonchev–Trinajstić information content (AvgIpc) is 3.08. The van der Waals surface area contributed by atoms with Crippen LogP contribution in [0.3, 0.4) is 0 Å². The van der Waals surface area contributed by atoms with E-state index in [1.165, 1.54) is 11.8 Å². The summed E-state index contributed by atoms with van der Waals surface area (Å²) in [6.45, 7) is 4.12. The molecule has 31 heavy (non-hydrogen) atoms. The Bertz CT molecular complexity index is 1100. The Kier molecular flexibility index (Phi) is 7.54. The zero-order valence-electron chi connectivity index (χ0n) is 17.3. The summed E-state index contributed by atoms with van der Waals surface area (Å²) in [7, 11) is 1.78. The van der Waals surface area contributed by atoms with Crippen LogP contribution in [0, 0.1) is 13.8 Å². The van der Waals surface area contributed by atoms with Crippen molar-refractivity contribution in [3.05, 3.63) is 64.4 Å². The molecular weight excluding hydrogens is 438 g/mol. The summed E-state index contributed by atoms with van der Waals surface area (Å²) in [6, 6.07) is 12.1. The zero-order valence-corrected chi connectivity index (χ0v) is 18.9. The number of aryl methyl sites for hydroxylation is 2. The Hall–Kier alpha value is -3.04. The van der Waals surface area contributed by atoms with Crippen LogP contribution in [0.5, 0.6) is 5.75 Å². The van der Waals surface area contributed by atoms with Crippen LogP contribution in [-0.4, -0.2) is 32.5 Å². The third-order valence-corrected chi connectivity index (χ3v) is 5.80. The lowest BCUT2D eigenvalue weighted by molar-refractivity contribution is -0.117.